The molecule has 0 aliphatic carbocycles. The molecular formula is C20H16N2O4. The van der Waals surface area contributed by atoms with Gasteiger partial charge in [-0.05, 0) is 25.1 Å². The first-order valence-corrected chi connectivity index (χ1v) is 8.41. The van der Waals surface area contributed by atoms with Crippen molar-refractivity contribution in [1.82, 2.24) is 9.55 Å². The molecule has 0 unspecified atom stereocenters. The van der Waals surface area contributed by atoms with Crippen LogP contribution in [-0.4, -0.2) is 22.6 Å². The van der Waals surface area contributed by atoms with Crippen molar-refractivity contribution in [3.05, 3.63) is 63.4 Å². The first-order chi connectivity index (χ1) is 12.5. The Kier molecular flexibility index (Phi) is 2.95. The Hall–Kier alpha value is -2.99. The summed E-state index contributed by atoms with van der Waals surface area (Å²) in [6.45, 7) is 2.07. The van der Waals surface area contributed by atoms with Gasteiger partial charge in [-0.25, -0.2) is 9.78 Å². The highest BCUT2D eigenvalue weighted by molar-refractivity contribution is 5.86. The molecule has 0 saturated carbocycles. The van der Waals surface area contributed by atoms with Gasteiger partial charge in [0.2, 0.25) is 0 Å². The molecule has 0 radical (unpaired) electrons. The van der Waals surface area contributed by atoms with Crippen molar-refractivity contribution in [3.63, 3.8) is 0 Å². The van der Waals surface area contributed by atoms with Gasteiger partial charge in [0.25, 0.3) is 5.56 Å². The number of hydrogen-bond acceptors (Lipinski definition) is 5. The third-order valence-electron chi connectivity index (χ3n) is 5.43. The van der Waals surface area contributed by atoms with Crippen LogP contribution >= 0.6 is 0 Å². The summed E-state index contributed by atoms with van der Waals surface area (Å²) < 4.78 is 12.3. The lowest BCUT2D eigenvalue weighted by Crippen LogP contribution is -2.44. The van der Waals surface area contributed by atoms with Gasteiger partial charge in [-0.1, -0.05) is 18.2 Å². The molecule has 4 heterocycles. The second-order valence-electron chi connectivity index (χ2n) is 6.82. The lowest BCUT2D eigenvalue weighted by Gasteiger charge is -2.32. The van der Waals surface area contributed by atoms with E-state index in [9.17, 15) is 9.59 Å². The first-order valence-electron chi connectivity index (χ1n) is 8.41. The molecule has 6 nitrogen and oxygen atoms in total. The Bertz CT molecular complexity index is 1160. The van der Waals surface area contributed by atoms with Crippen molar-refractivity contribution in [1.29, 1.82) is 0 Å². The van der Waals surface area contributed by atoms with E-state index >= 15 is 0 Å². The molecule has 130 valence electrons. The number of methoxy groups -OCH3 is 1. The zero-order valence-corrected chi connectivity index (χ0v) is 14.4. The lowest BCUT2D eigenvalue weighted by molar-refractivity contribution is -0.173. The van der Waals surface area contributed by atoms with Gasteiger partial charge in [0.1, 0.15) is 6.61 Å². The lowest BCUT2D eigenvalue weighted by atomic mass is 9.89. The van der Waals surface area contributed by atoms with Crippen LogP contribution in [0.3, 0.4) is 0 Å². The van der Waals surface area contributed by atoms with Crippen molar-refractivity contribution >= 4 is 16.9 Å². The zero-order chi connectivity index (χ0) is 18.1. The number of hydrogen-bond donors (Lipinski definition) is 0. The summed E-state index contributed by atoms with van der Waals surface area (Å²) in [5.41, 5.74) is 2.95. The summed E-state index contributed by atoms with van der Waals surface area (Å²) in [5.74, 6) is -0.485. The molecule has 2 aromatic heterocycles. The normalized spacial score (nSPS) is 20.5. The Morgan fingerprint density at radius 1 is 1.23 bits per heavy atom. The number of carbonyl (C=O) groups is 1. The average molecular weight is 348 g/mol. The summed E-state index contributed by atoms with van der Waals surface area (Å²) in [6, 6.07) is 11.8. The number of aromatic nitrogens is 2. The van der Waals surface area contributed by atoms with Crippen LogP contribution in [0, 0.1) is 0 Å². The molecule has 0 N–H and O–H groups in total. The molecule has 5 rings (SSSR count). The monoisotopic (exact) mass is 348 g/mol. The van der Waals surface area contributed by atoms with Crippen LogP contribution in [0.25, 0.3) is 22.3 Å². The maximum atomic E-state index is 13.1. The van der Waals surface area contributed by atoms with Gasteiger partial charge in [0, 0.05) is 23.6 Å². The van der Waals surface area contributed by atoms with Crippen LogP contribution in [0.2, 0.25) is 0 Å². The number of ether oxygens (including phenoxy) is 2. The first kappa shape index (κ1) is 15.3. The van der Waals surface area contributed by atoms with Crippen LogP contribution in [0.15, 0.2) is 41.2 Å². The summed E-state index contributed by atoms with van der Waals surface area (Å²) in [5, 5.41) is 1.04. The van der Waals surface area contributed by atoms with Gasteiger partial charge in [0.15, 0.2) is 5.60 Å². The molecule has 1 atom stereocenters. The molecule has 0 amide bonds. The highest BCUT2D eigenvalue weighted by Gasteiger charge is 2.44. The fourth-order valence-electron chi connectivity index (χ4n) is 3.86. The van der Waals surface area contributed by atoms with Gasteiger partial charge in [-0.3, -0.25) is 4.79 Å². The molecule has 0 saturated heterocycles. The van der Waals surface area contributed by atoms with Gasteiger partial charge < -0.3 is 14.0 Å². The average Bonchev–Trinajstić information content (AvgIpc) is 3.01. The minimum atomic E-state index is -1.29. The van der Waals surface area contributed by atoms with E-state index < -0.39 is 11.6 Å². The molecular weight excluding hydrogens is 332 g/mol. The molecule has 26 heavy (non-hydrogen) atoms. The smallest absolute Gasteiger partial charge is 0.343 e. The van der Waals surface area contributed by atoms with Crippen molar-refractivity contribution in [2.75, 3.05) is 7.11 Å². The molecule has 6 heteroatoms. The van der Waals surface area contributed by atoms with Crippen molar-refractivity contribution in [2.45, 2.75) is 25.7 Å². The molecule has 0 spiro atoms. The maximum Gasteiger partial charge on any atom is 0.343 e. The zero-order valence-electron chi connectivity index (χ0n) is 14.4. The van der Waals surface area contributed by atoms with Crippen LogP contribution in [-0.2, 0) is 33.0 Å². The van der Waals surface area contributed by atoms with Crippen molar-refractivity contribution in [3.8, 4) is 11.4 Å². The van der Waals surface area contributed by atoms with Crippen LogP contribution in [0.5, 0.6) is 0 Å². The largest absolute Gasteiger partial charge is 0.458 e. The SMILES string of the molecule is CO[C@]1(C)C(=O)OCc2c1cc1n(c2=O)Cc2cc3ccccc3nc2-1. The number of fused-ring (bicyclic) bond motifs is 5. The summed E-state index contributed by atoms with van der Waals surface area (Å²) in [7, 11) is 1.45. The highest BCUT2D eigenvalue weighted by atomic mass is 16.6. The Balaban J connectivity index is 1.81. The van der Waals surface area contributed by atoms with Gasteiger partial charge in [-0.2, -0.15) is 0 Å². The Labute approximate surface area is 149 Å². The Morgan fingerprint density at radius 2 is 2.04 bits per heavy atom. The third-order valence-corrected chi connectivity index (χ3v) is 5.43. The predicted octanol–water partition coefficient (Wildman–Crippen LogP) is 2.34. The third kappa shape index (κ3) is 1.82. The second kappa shape index (κ2) is 5.02. The quantitative estimate of drug-likeness (QED) is 0.494. The molecule has 0 fully saturated rings. The molecule has 2 aliphatic heterocycles. The number of para-hydroxylation sites is 1. The van der Waals surface area contributed by atoms with E-state index in [1.165, 1.54) is 7.11 Å². The standard InChI is InChI=1S/C20H16N2O4/c1-20(25-2)14-8-16-17-12(7-11-5-3-4-6-15(11)21-17)9-22(16)18(23)13(14)10-26-19(20)24/h3-8H,9-10H2,1-2H3/t20-/m0/s1. The minimum absolute atomic E-state index is 0.0298. The molecule has 2 aliphatic rings. The number of esters is 1. The van der Waals surface area contributed by atoms with Crippen LogP contribution < -0.4 is 5.56 Å². The number of pyridine rings is 2. The van der Waals surface area contributed by atoms with E-state index in [-0.39, 0.29) is 12.2 Å². The van der Waals surface area contributed by atoms with E-state index in [2.05, 4.69) is 6.07 Å². The van der Waals surface area contributed by atoms with E-state index in [0.29, 0.717) is 23.4 Å². The van der Waals surface area contributed by atoms with E-state index in [1.807, 2.05) is 30.3 Å². The van der Waals surface area contributed by atoms with Gasteiger partial charge in [0.05, 0.1) is 29.0 Å². The number of benzene rings is 1. The van der Waals surface area contributed by atoms with Gasteiger partial charge >= 0.3 is 5.97 Å². The fraction of sp³-hybridized carbons (Fsp3) is 0.250. The minimum Gasteiger partial charge on any atom is -0.458 e. The maximum absolute atomic E-state index is 13.1. The van der Waals surface area contributed by atoms with Crippen LogP contribution in [0.1, 0.15) is 23.6 Å². The second-order valence-corrected chi connectivity index (χ2v) is 6.82. The van der Waals surface area contributed by atoms with Crippen molar-refractivity contribution in [2.24, 2.45) is 0 Å². The molecule has 3 aromatic rings. The summed E-state index contributed by atoms with van der Waals surface area (Å²) in [6.07, 6.45) is 0. The Morgan fingerprint density at radius 3 is 2.85 bits per heavy atom. The van der Waals surface area contributed by atoms with Crippen LogP contribution in [0.4, 0.5) is 0 Å². The van der Waals surface area contributed by atoms with E-state index in [4.69, 9.17) is 14.5 Å². The van der Waals surface area contributed by atoms with E-state index in [0.717, 1.165) is 22.2 Å². The fourth-order valence-corrected chi connectivity index (χ4v) is 3.86. The number of rotatable bonds is 1. The van der Waals surface area contributed by atoms with Gasteiger partial charge in [-0.15, -0.1) is 0 Å². The topological polar surface area (TPSA) is 70.4 Å². The predicted molar refractivity (Wildman–Crippen MR) is 94.7 cm³/mol. The summed E-state index contributed by atoms with van der Waals surface area (Å²) in [4.78, 5) is 30.1. The molecule has 0 bridgehead atoms. The highest BCUT2D eigenvalue weighted by Crippen LogP contribution is 2.38. The number of carbonyl (C=O) groups excluding carboxylic acids is 1. The summed E-state index contributed by atoms with van der Waals surface area (Å²) >= 11 is 0. The van der Waals surface area contributed by atoms with E-state index in [1.54, 1.807) is 11.5 Å². The van der Waals surface area contributed by atoms with Crippen molar-refractivity contribution < 1.29 is 14.3 Å². The molecule has 1 aromatic carbocycles. The number of cyclic esters (lactones) is 1. The number of nitrogens with zero attached hydrogens (tertiary/aromatic N) is 2.